The van der Waals surface area contributed by atoms with Gasteiger partial charge in [-0.25, -0.2) is 0 Å². The van der Waals surface area contributed by atoms with Crippen molar-refractivity contribution in [3.8, 4) is 0 Å². The maximum atomic E-state index is 2.64. The Bertz CT molecular complexity index is 211. The molecule has 0 aliphatic carbocycles. The fourth-order valence-electron chi connectivity index (χ4n) is 4.05. The molecule has 2 fully saturated rings. The molecule has 2 aliphatic heterocycles. The van der Waals surface area contributed by atoms with Crippen LogP contribution >= 0.6 is 14.5 Å². The van der Waals surface area contributed by atoms with Crippen molar-refractivity contribution < 1.29 is 0 Å². The van der Waals surface area contributed by atoms with Crippen molar-refractivity contribution in [2.45, 2.75) is 19.3 Å². The van der Waals surface area contributed by atoms with Crippen LogP contribution in [-0.4, -0.2) is 51.3 Å². The Morgan fingerprint density at radius 3 is 1.67 bits per heavy atom. The first-order valence-electron chi connectivity index (χ1n) is 6.86. The normalized spacial score (nSPS) is 43.5. The van der Waals surface area contributed by atoms with Gasteiger partial charge in [-0.15, -0.1) is 0 Å². The van der Waals surface area contributed by atoms with E-state index >= 15 is 0 Å². The van der Waals surface area contributed by atoms with Gasteiger partial charge in [0.25, 0.3) is 0 Å². The Hall–Kier alpha value is 0.860. The summed E-state index contributed by atoms with van der Waals surface area (Å²) in [7, 11) is -1.58. The van der Waals surface area contributed by atoms with E-state index in [0.29, 0.717) is 0 Å². The molecule has 0 aromatic rings. The molecule has 2 rings (SSSR count). The summed E-state index contributed by atoms with van der Waals surface area (Å²) >= 11 is 0. The zero-order chi connectivity index (χ0) is 11.1. The molecule has 92 valence electrons. The minimum atomic E-state index is -0.789. The van der Waals surface area contributed by atoms with Crippen molar-refractivity contribution in [2.75, 3.05) is 51.3 Å². The van der Waals surface area contributed by atoms with Crippen molar-refractivity contribution in [1.82, 2.24) is 0 Å². The molecular formula is C13H30P2. The summed E-state index contributed by atoms with van der Waals surface area (Å²) in [5.41, 5.74) is 0. The van der Waals surface area contributed by atoms with Gasteiger partial charge in [0.2, 0.25) is 0 Å². The Morgan fingerprint density at radius 1 is 0.733 bits per heavy atom. The molecule has 0 atom stereocenters. The second-order valence-corrected chi connectivity index (χ2v) is 18.3. The zero-order valence-electron chi connectivity index (χ0n) is 11.1. The standard InChI is InChI=1S/C13H30P2/c1-14(2)7-5-12-6-8-15(3,4)11-13(9-12)10-14/h12-15H,5-11H2,1-4H3. The van der Waals surface area contributed by atoms with Crippen molar-refractivity contribution >= 4 is 14.5 Å². The molecule has 0 spiro atoms. The Labute approximate surface area is 97.3 Å². The van der Waals surface area contributed by atoms with Crippen molar-refractivity contribution in [3.05, 3.63) is 0 Å². The van der Waals surface area contributed by atoms with E-state index in [1.54, 1.807) is 43.9 Å². The van der Waals surface area contributed by atoms with Gasteiger partial charge in [0, 0.05) is 0 Å². The Morgan fingerprint density at radius 2 is 1.20 bits per heavy atom. The SMILES string of the molecule is C[PH]1(C)CCC2CC[PH](C)(C)CC(C2)C1. The summed E-state index contributed by atoms with van der Waals surface area (Å²) in [6.45, 7) is 10.5. The molecule has 0 N–H and O–H groups in total. The predicted molar refractivity (Wildman–Crippen MR) is 80.6 cm³/mol. The van der Waals surface area contributed by atoms with Gasteiger partial charge in [0.05, 0.1) is 0 Å². The van der Waals surface area contributed by atoms with E-state index in [4.69, 9.17) is 0 Å². The van der Waals surface area contributed by atoms with Crippen LogP contribution in [-0.2, 0) is 0 Å². The fourth-order valence-corrected chi connectivity index (χ4v) is 10.9. The minimum absolute atomic E-state index is 0.789. The fraction of sp³-hybridized carbons (Fsp3) is 1.00. The zero-order valence-corrected chi connectivity index (χ0v) is 13.1. The molecule has 0 aromatic carbocycles. The topological polar surface area (TPSA) is 0 Å². The molecule has 0 nitrogen and oxygen atoms in total. The average molecular weight is 248 g/mol. The van der Waals surface area contributed by atoms with E-state index in [-0.39, 0.29) is 0 Å². The van der Waals surface area contributed by atoms with Gasteiger partial charge >= 0.3 is 96.9 Å². The van der Waals surface area contributed by atoms with E-state index in [2.05, 4.69) is 26.7 Å². The summed E-state index contributed by atoms with van der Waals surface area (Å²) in [6.07, 6.45) is 11.3. The molecule has 2 heterocycles. The van der Waals surface area contributed by atoms with E-state index in [9.17, 15) is 0 Å². The third kappa shape index (κ3) is 3.41. The Kier molecular flexibility index (Phi) is 3.51. The summed E-state index contributed by atoms with van der Waals surface area (Å²) < 4.78 is 0. The van der Waals surface area contributed by atoms with Crippen molar-refractivity contribution in [1.29, 1.82) is 0 Å². The van der Waals surface area contributed by atoms with Crippen LogP contribution in [0.3, 0.4) is 0 Å². The molecular weight excluding hydrogens is 218 g/mol. The van der Waals surface area contributed by atoms with Crippen LogP contribution < -0.4 is 0 Å². The third-order valence-corrected chi connectivity index (χ3v) is 11.5. The number of hydrogen-bond acceptors (Lipinski definition) is 0. The predicted octanol–water partition coefficient (Wildman–Crippen LogP) is 3.44. The van der Waals surface area contributed by atoms with Crippen LogP contribution in [0.2, 0.25) is 0 Å². The molecule has 2 aliphatic rings. The molecule has 0 radical (unpaired) electrons. The summed E-state index contributed by atoms with van der Waals surface area (Å²) in [6, 6.07) is 0. The van der Waals surface area contributed by atoms with Gasteiger partial charge in [0.15, 0.2) is 0 Å². The quantitative estimate of drug-likeness (QED) is 0.576. The monoisotopic (exact) mass is 248 g/mol. The van der Waals surface area contributed by atoms with Gasteiger partial charge < -0.3 is 0 Å². The van der Waals surface area contributed by atoms with E-state index in [1.807, 2.05) is 0 Å². The van der Waals surface area contributed by atoms with Crippen LogP contribution in [0.15, 0.2) is 0 Å². The van der Waals surface area contributed by atoms with E-state index < -0.39 is 14.5 Å². The van der Waals surface area contributed by atoms with Crippen LogP contribution in [0.25, 0.3) is 0 Å². The molecule has 0 aromatic heterocycles. The van der Waals surface area contributed by atoms with Crippen LogP contribution in [0.4, 0.5) is 0 Å². The van der Waals surface area contributed by atoms with Gasteiger partial charge in [-0.05, 0) is 0 Å². The second-order valence-electron chi connectivity index (χ2n) is 7.78. The van der Waals surface area contributed by atoms with Gasteiger partial charge in [0.1, 0.15) is 0 Å². The van der Waals surface area contributed by atoms with Gasteiger partial charge in [-0.1, -0.05) is 0 Å². The third-order valence-electron chi connectivity index (χ3n) is 4.81. The van der Waals surface area contributed by atoms with Crippen molar-refractivity contribution in [3.63, 3.8) is 0 Å². The molecule has 2 saturated heterocycles. The first kappa shape index (κ1) is 12.3. The van der Waals surface area contributed by atoms with Crippen LogP contribution in [0.5, 0.6) is 0 Å². The molecule has 2 bridgehead atoms. The molecule has 2 heteroatoms. The first-order valence-corrected chi connectivity index (χ1v) is 13.7. The Balaban J connectivity index is 2.12. The maximum absolute atomic E-state index is 2.64. The molecule has 0 saturated carbocycles. The summed E-state index contributed by atoms with van der Waals surface area (Å²) in [5.74, 6) is 2.27. The summed E-state index contributed by atoms with van der Waals surface area (Å²) in [5, 5.41) is 0. The molecule has 0 amide bonds. The number of hydrogen-bond donors (Lipinski definition) is 0. The van der Waals surface area contributed by atoms with E-state index in [0.717, 1.165) is 11.8 Å². The van der Waals surface area contributed by atoms with E-state index in [1.165, 1.54) is 0 Å². The van der Waals surface area contributed by atoms with Crippen molar-refractivity contribution in [2.24, 2.45) is 11.8 Å². The first-order chi connectivity index (χ1) is 6.86. The summed E-state index contributed by atoms with van der Waals surface area (Å²) in [4.78, 5) is 0. The average Bonchev–Trinajstić information content (AvgIpc) is 2.28. The molecule has 0 unspecified atom stereocenters. The number of fused-ring (bicyclic) bond motifs is 2. The molecule has 15 heavy (non-hydrogen) atoms. The van der Waals surface area contributed by atoms with Gasteiger partial charge in [-0.3, -0.25) is 0 Å². The second kappa shape index (κ2) is 4.27. The van der Waals surface area contributed by atoms with Crippen LogP contribution in [0.1, 0.15) is 19.3 Å². The van der Waals surface area contributed by atoms with Crippen LogP contribution in [0, 0.1) is 11.8 Å². The number of rotatable bonds is 0. The van der Waals surface area contributed by atoms with Gasteiger partial charge in [-0.2, -0.15) is 0 Å².